The van der Waals surface area contributed by atoms with Gasteiger partial charge in [0.2, 0.25) is 11.0 Å². The Bertz CT molecular complexity index is 687. The number of carbonyl (C=O) groups is 2. The Morgan fingerprint density at radius 2 is 1.83 bits per heavy atom. The smallest absolute Gasteiger partial charge is 0.321 e. The number of hydrogen-bond acceptors (Lipinski definition) is 5. The summed E-state index contributed by atoms with van der Waals surface area (Å²) in [5.41, 5.74) is 0.890. The predicted molar refractivity (Wildman–Crippen MR) is 94.9 cm³/mol. The van der Waals surface area contributed by atoms with Gasteiger partial charge in [0.1, 0.15) is 0 Å². The summed E-state index contributed by atoms with van der Waals surface area (Å²) < 4.78 is 4.22. The summed E-state index contributed by atoms with van der Waals surface area (Å²) in [5, 5.41) is 8.54. The summed E-state index contributed by atoms with van der Waals surface area (Å²) in [6.07, 6.45) is 0.219. The maximum absolute atomic E-state index is 12.0. The highest BCUT2D eigenvalue weighted by atomic mass is 32.1. The molecule has 1 atom stereocenters. The minimum absolute atomic E-state index is 0.0799. The van der Waals surface area contributed by atoms with E-state index in [9.17, 15) is 9.59 Å². The van der Waals surface area contributed by atoms with Crippen LogP contribution in [-0.4, -0.2) is 33.4 Å². The lowest BCUT2D eigenvalue weighted by Crippen LogP contribution is -2.40. The average Bonchev–Trinajstić information content (AvgIpc) is 2.95. The third-order valence-electron chi connectivity index (χ3n) is 3.00. The van der Waals surface area contributed by atoms with Crippen molar-refractivity contribution in [2.75, 3.05) is 5.32 Å². The minimum Gasteiger partial charge on any atom is -0.354 e. The number of anilines is 1. The molecular formula is C16H21N5O2S. The fourth-order valence-corrected chi connectivity index (χ4v) is 2.63. The molecule has 2 rings (SSSR count). The predicted octanol–water partition coefficient (Wildman–Crippen LogP) is 2.63. The summed E-state index contributed by atoms with van der Waals surface area (Å²) in [6.45, 7) is 5.56. The summed E-state index contributed by atoms with van der Waals surface area (Å²) in [4.78, 5) is 27.9. The minimum atomic E-state index is -0.407. The fourth-order valence-electron chi connectivity index (χ4n) is 2.05. The SMILES string of the molecule is CC(C)NC(=O)C[C@@H](C)NC(=O)Nc1nc(-c2ccccc2)ns1. The molecule has 0 aliphatic rings. The van der Waals surface area contributed by atoms with Gasteiger partial charge >= 0.3 is 6.03 Å². The van der Waals surface area contributed by atoms with Crippen molar-refractivity contribution in [1.29, 1.82) is 0 Å². The Morgan fingerprint density at radius 3 is 2.50 bits per heavy atom. The molecule has 1 aromatic carbocycles. The van der Waals surface area contributed by atoms with Gasteiger partial charge in [0, 0.05) is 35.6 Å². The summed E-state index contributed by atoms with van der Waals surface area (Å²) in [7, 11) is 0. The van der Waals surface area contributed by atoms with Gasteiger partial charge in [-0.1, -0.05) is 30.3 Å². The zero-order valence-corrected chi connectivity index (χ0v) is 14.7. The van der Waals surface area contributed by atoms with Gasteiger partial charge in [-0.15, -0.1) is 0 Å². The van der Waals surface area contributed by atoms with E-state index in [1.807, 2.05) is 44.2 Å². The Labute approximate surface area is 145 Å². The molecule has 1 aromatic heterocycles. The number of urea groups is 1. The van der Waals surface area contributed by atoms with Crippen LogP contribution in [0.1, 0.15) is 27.2 Å². The summed E-state index contributed by atoms with van der Waals surface area (Å²) >= 11 is 1.11. The number of aromatic nitrogens is 2. The lowest BCUT2D eigenvalue weighted by Gasteiger charge is -2.14. The van der Waals surface area contributed by atoms with Gasteiger partial charge in [-0.2, -0.15) is 9.36 Å². The molecule has 8 heteroatoms. The van der Waals surface area contributed by atoms with E-state index in [4.69, 9.17) is 0 Å². The molecule has 7 nitrogen and oxygen atoms in total. The maximum atomic E-state index is 12.0. The topological polar surface area (TPSA) is 96.0 Å². The third-order valence-corrected chi connectivity index (χ3v) is 3.63. The van der Waals surface area contributed by atoms with Crippen molar-refractivity contribution >= 4 is 28.6 Å². The summed E-state index contributed by atoms with van der Waals surface area (Å²) in [5.74, 6) is 0.473. The Kier molecular flexibility index (Phi) is 6.25. The number of carbonyl (C=O) groups excluding carboxylic acids is 2. The molecule has 1 heterocycles. The van der Waals surface area contributed by atoms with Crippen molar-refractivity contribution in [3.05, 3.63) is 30.3 Å². The van der Waals surface area contributed by atoms with Crippen LogP contribution < -0.4 is 16.0 Å². The second-order valence-electron chi connectivity index (χ2n) is 5.72. The number of nitrogens with one attached hydrogen (secondary N) is 3. The van der Waals surface area contributed by atoms with E-state index in [0.29, 0.717) is 11.0 Å². The standard InChI is InChI=1S/C16H21N5O2S/c1-10(2)17-13(22)9-11(3)18-15(23)20-16-19-14(21-24-16)12-7-5-4-6-8-12/h4-8,10-11H,9H2,1-3H3,(H,17,22)(H2,18,19,20,21,23)/t11-/m1/s1. The quantitative estimate of drug-likeness (QED) is 0.748. The first-order chi connectivity index (χ1) is 11.4. The van der Waals surface area contributed by atoms with Crippen LogP contribution in [-0.2, 0) is 4.79 Å². The van der Waals surface area contributed by atoms with Crippen LogP contribution in [0.25, 0.3) is 11.4 Å². The monoisotopic (exact) mass is 347 g/mol. The molecule has 128 valence electrons. The average molecular weight is 347 g/mol. The Morgan fingerprint density at radius 1 is 1.12 bits per heavy atom. The van der Waals surface area contributed by atoms with Crippen molar-refractivity contribution in [2.45, 2.75) is 39.3 Å². The molecule has 0 saturated heterocycles. The van der Waals surface area contributed by atoms with E-state index >= 15 is 0 Å². The summed E-state index contributed by atoms with van der Waals surface area (Å²) in [6, 6.07) is 8.92. The third kappa shape index (κ3) is 5.62. The number of nitrogens with zero attached hydrogens (tertiary/aromatic N) is 2. The molecule has 0 radical (unpaired) electrons. The lowest BCUT2D eigenvalue weighted by molar-refractivity contribution is -0.121. The molecule has 0 bridgehead atoms. The molecular weight excluding hydrogens is 326 g/mol. The van der Waals surface area contributed by atoms with Gasteiger partial charge in [0.05, 0.1) is 0 Å². The van der Waals surface area contributed by atoms with Crippen LogP contribution in [0.5, 0.6) is 0 Å². The molecule has 3 amide bonds. The fraction of sp³-hybridized carbons (Fsp3) is 0.375. The highest BCUT2D eigenvalue weighted by Gasteiger charge is 2.14. The van der Waals surface area contributed by atoms with E-state index < -0.39 is 6.03 Å². The maximum Gasteiger partial charge on any atom is 0.321 e. The van der Waals surface area contributed by atoms with Crippen LogP contribution in [0, 0.1) is 0 Å². The Hall–Kier alpha value is -2.48. The molecule has 0 saturated carbocycles. The molecule has 24 heavy (non-hydrogen) atoms. The number of amides is 3. The number of benzene rings is 1. The second kappa shape index (κ2) is 8.39. The molecule has 0 fully saturated rings. The van der Waals surface area contributed by atoms with Gasteiger partial charge in [-0.3, -0.25) is 10.1 Å². The zero-order valence-electron chi connectivity index (χ0n) is 13.9. The first-order valence-corrected chi connectivity index (χ1v) is 8.47. The van der Waals surface area contributed by atoms with E-state index in [0.717, 1.165) is 17.1 Å². The molecule has 0 aliphatic heterocycles. The van der Waals surface area contributed by atoms with Gasteiger partial charge in [-0.25, -0.2) is 4.79 Å². The zero-order chi connectivity index (χ0) is 17.5. The number of rotatable bonds is 6. The van der Waals surface area contributed by atoms with E-state index in [1.54, 1.807) is 6.92 Å². The van der Waals surface area contributed by atoms with Crippen LogP contribution >= 0.6 is 11.5 Å². The van der Waals surface area contributed by atoms with E-state index in [2.05, 4.69) is 25.3 Å². The first kappa shape index (κ1) is 17.9. The Balaban J connectivity index is 1.84. The van der Waals surface area contributed by atoms with Gasteiger partial charge in [-0.05, 0) is 20.8 Å². The van der Waals surface area contributed by atoms with E-state index in [-0.39, 0.29) is 24.4 Å². The van der Waals surface area contributed by atoms with Crippen LogP contribution in [0.3, 0.4) is 0 Å². The molecule has 0 unspecified atom stereocenters. The number of hydrogen-bond donors (Lipinski definition) is 3. The molecule has 2 aromatic rings. The van der Waals surface area contributed by atoms with Crippen molar-refractivity contribution in [3.8, 4) is 11.4 Å². The van der Waals surface area contributed by atoms with Crippen molar-refractivity contribution in [1.82, 2.24) is 20.0 Å². The van der Waals surface area contributed by atoms with Gasteiger partial charge in [0.15, 0.2) is 5.82 Å². The largest absolute Gasteiger partial charge is 0.354 e. The lowest BCUT2D eigenvalue weighted by atomic mass is 10.2. The van der Waals surface area contributed by atoms with Crippen molar-refractivity contribution in [2.24, 2.45) is 0 Å². The van der Waals surface area contributed by atoms with Crippen LogP contribution in [0.4, 0.5) is 9.93 Å². The van der Waals surface area contributed by atoms with Crippen molar-refractivity contribution in [3.63, 3.8) is 0 Å². The van der Waals surface area contributed by atoms with Gasteiger partial charge in [0.25, 0.3) is 0 Å². The normalized spacial score (nSPS) is 11.8. The first-order valence-electron chi connectivity index (χ1n) is 7.70. The van der Waals surface area contributed by atoms with Crippen LogP contribution in [0.2, 0.25) is 0 Å². The highest BCUT2D eigenvalue weighted by molar-refractivity contribution is 7.10. The highest BCUT2D eigenvalue weighted by Crippen LogP contribution is 2.20. The molecule has 0 spiro atoms. The van der Waals surface area contributed by atoms with E-state index in [1.165, 1.54) is 0 Å². The second-order valence-corrected chi connectivity index (χ2v) is 6.47. The van der Waals surface area contributed by atoms with Crippen molar-refractivity contribution < 1.29 is 9.59 Å². The van der Waals surface area contributed by atoms with Gasteiger partial charge < -0.3 is 10.6 Å². The molecule has 3 N–H and O–H groups in total. The van der Waals surface area contributed by atoms with Crippen LogP contribution in [0.15, 0.2) is 30.3 Å². The molecule has 0 aliphatic carbocycles.